The summed E-state index contributed by atoms with van der Waals surface area (Å²) < 4.78 is 38.0. The minimum absolute atomic E-state index is 0.0249. The number of alkyl halides is 3. The molecular formula is C11H11F3N2O2. The van der Waals surface area contributed by atoms with Gasteiger partial charge in [-0.05, 0) is 12.8 Å². The van der Waals surface area contributed by atoms with Gasteiger partial charge in [-0.2, -0.15) is 13.2 Å². The van der Waals surface area contributed by atoms with Crippen LogP contribution in [0.3, 0.4) is 0 Å². The topological polar surface area (TPSA) is 55.2 Å². The standard InChI is InChI=1S/C11H11F3N2O2/c12-11(13,14)10(5-6-10)15-7-8-3-1-2-4-9(8)16(17)18/h1-4,15H,5-7H2. The number of nitrogens with one attached hydrogen (secondary N) is 1. The van der Waals surface area contributed by atoms with Crippen LogP contribution in [0, 0.1) is 10.1 Å². The van der Waals surface area contributed by atoms with Crippen molar-refractivity contribution in [2.75, 3.05) is 0 Å². The summed E-state index contributed by atoms with van der Waals surface area (Å²) >= 11 is 0. The molecule has 4 nitrogen and oxygen atoms in total. The number of nitro groups is 1. The second kappa shape index (κ2) is 4.24. The van der Waals surface area contributed by atoms with E-state index in [1.807, 2.05) is 0 Å². The van der Waals surface area contributed by atoms with Gasteiger partial charge in [-0.1, -0.05) is 18.2 Å². The summed E-state index contributed by atoms with van der Waals surface area (Å²) in [6, 6.07) is 5.79. The quantitative estimate of drug-likeness (QED) is 0.669. The van der Waals surface area contributed by atoms with Crippen LogP contribution in [0.1, 0.15) is 18.4 Å². The molecule has 1 aliphatic carbocycles. The number of hydrogen-bond donors (Lipinski definition) is 1. The number of para-hydroxylation sites is 1. The Bertz CT molecular complexity index is 470. The van der Waals surface area contributed by atoms with Crippen LogP contribution in [0.15, 0.2) is 24.3 Å². The van der Waals surface area contributed by atoms with E-state index in [4.69, 9.17) is 0 Å². The fourth-order valence-corrected chi connectivity index (χ4v) is 1.79. The van der Waals surface area contributed by atoms with Gasteiger partial charge in [0.1, 0.15) is 5.54 Å². The van der Waals surface area contributed by atoms with Crippen molar-refractivity contribution in [1.82, 2.24) is 5.32 Å². The lowest BCUT2D eigenvalue weighted by molar-refractivity contribution is -0.385. The maximum Gasteiger partial charge on any atom is 0.406 e. The van der Waals surface area contributed by atoms with Crippen LogP contribution >= 0.6 is 0 Å². The highest BCUT2D eigenvalue weighted by Crippen LogP contribution is 2.49. The van der Waals surface area contributed by atoms with E-state index in [2.05, 4.69) is 5.32 Å². The lowest BCUT2D eigenvalue weighted by Crippen LogP contribution is -2.44. The molecule has 0 bridgehead atoms. The van der Waals surface area contributed by atoms with Gasteiger partial charge >= 0.3 is 6.18 Å². The molecule has 0 amide bonds. The van der Waals surface area contributed by atoms with Gasteiger partial charge in [0, 0.05) is 18.2 Å². The molecule has 1 fully saturated rings. The van der Waals surface area contributed by atoms with E-state index in [0.717, 1.165) is 0 Å². The average molecular weight is 260 g/mol. The van der Waals surface area contributed by atoms with Crippen LogP contribution in [0.25, 0.3) is 0 Å². The fraction of sp³-hybridized carbons (Fsp3) is 0.455. The Morgan fingerprint density at radius 3 is 2.44 bits per heavy atom. The van der Waals surface area contributed by atoms with E-state index in [1.54, 1.807) is 6.07 Å². The van der Waals surface area contributed by atoms with Crippen molar-refractivity contribution in [2.45, 2.75) is 31.1 Å². The molecule has 0 radical (unpaired) electrons. The Morgan fingerprint density at radius 2 is 1.94 bits per heavy atom. The normalized spacial score (nSPS) is 17.5. The van der Waals surface area contributed by atoms with Crippen molar-refractivity contribution in [1.29, 1.82) is 0 Å². The highest BCUT2D eigenvalue weighted by atomic mass is 19.4. The molecule has 1 aliphatic rings. The van der Waals surface area contributed by atoms with Gasteiger partial charge in [0.2, 0.25) is 0 Å². The molecular weight excluding hydrogens is 249 g/mol. The zero-order valence-corrected chi connectivity index (χ0v) is 9.33. The first kappa shape index (κ1) is 12.8. The molecule has 0 aliphatic heterocycles. The van der Waals surface area contributed by atoms with E-state index < -0.39 is 16.6 Å². The number of rotatable bonds is 4. The molecule has 18 heavy (non-hydrogen) atoms. The van der Waals surface area contributed by atoms with Gasteiger partial charge in [0.15, 0.2) is 0 Å². The van der Waals surface area contributed by atoms with Gasteiger partial charge in [0.05, 0.1) is 4.92 Å². The Hall–Kier alpha value is -1.63. The van der Waals surface area contributed by atoms with Crippen LogP contribution in [0.5, 0.6) is 0 Å². The molecule has 1 aromatic carbocycles. The monoisotopic (exact) mass is 260 g/mol. The van der Waals surface area contributed by atoms with E-state index in [-0.39, 0.29) is 30.6 Å². The summed E-state index contributed by atoms with van der Waals surface area (Å²) in [6.07, 6.45) is -4.26. The maximum atomic E-state index is 12.7. The third-order valence-corrected chi connectivity index (χ3v) is 3.10. The minimum Gasteiger partial charge on any atom is -0.299 e. The summed E-state index contributed by atoms with van der Waals surface area (Å²) in [4.78, 5) is 10.1. The zero-order chi connectivity index (χ0) is 13.4. The van der Waals surface area contributed by atoms with Crippen molar-refractivity contribution < 1.29 is 18.1 Å². The van der Waals surface area contributed by atoms with E-state index in [0.29, 0.717) is 0 Å². The summed E-state index contributed by atoms with van der Waals surface area (Å²) in [5, 5.41) is 13.1. The molecule has 0 saturated heterocycles. The molecule has 0 heterocycles. The average Bonchev–Trinajstić information content (AvgIpc) is 3.07. The Morgan fingerprint density at radius 1 is 1.33 bits per heavy atom. The number of halogens is 3. The molecule has 7 heteroatoms. The molecule has 1 aromatic rings. The molecule has 98 valence electrons. The second-order valence-electron chi connectivity index (χ2n) is 4.32. The Kier molecular flexibility index (Phi) is 3.02. The first-order valence-corrected chi connectivity index (χ1v) is 5.40. The number of nitro benzene ring substituents is 1. The second-order valence-corrected chi connectivity index (χ2v) is 4.32. The van der Waals surface area contributed by atoms with Gasteiger partial charge in [-0.3, -0.25) is 15.4 Å². The third-order valence-electron chi connectivity index (χ3n) is 3.10. The Labute approximate surface area is 101 Å². The van der Waals surface area contributed by atoms with Crippen molar-refractivity contribution >= 4 is 5.69 Å². The maximum absolute atomic E-state index is 12.7. The van der Waals surface area contributed by atoms with Crippen molar-refractivity contribution in [3.63, 3.8) is 0 Å². The first-order valence-electron chi connectivity index (χ1n) is 5.40. The van der Waals surface area contributed by atoms with Crippen LogP contribution in [0.2, 0.25) is 0 Å². The molecule has 0 spiro atoms. The minimum atomic E-state index is -4.31. The van der Waals surface area contributed by atoms with Crippen LogP contribution in [0.4, 0.5) is 18.9 Å². The Balaban J connectivity index is 2.10. The van der Waals surface area contributed by atoms with E-state index >= 15 is 0 Å². The van der Waals surface area contributed by atoms with E-state index in [1.165, 1.54) is 18.2 Å². The lowest BCUT2D eigenvalue weighted by atomic mass is 10.1. The number of benzene rings is 1. The van der Waals surface area contributed by atoms with Crippen LogP contribution in [-0.4, -0.2) is 16.6 Å². The highest BCUT2D eigenvalue weighted by molar-refractivity contribution is 5.39. The van der Waals surface area contributed by atoms with Crippen molar-refractivity contribution in [3.8, 4) is 0 Å². The summed E-state index contributed by atoms with van der Waals surface area (Å²) in [5.74, 6) is 0. The lowest BCUT2D eigenvalue weighted by Gasteiger charge is -2.20. The van der Waals surface area contributed by atoms with Gasteiger partial charge in [0.25, 0.3) is 5.69 Å². The first-order chi connectivity index (χ1) is 8.36. The van der Waals surface area contributed by atoms with Crippen LogP contribution < -0.4 is 5.32 Å². The zero-order valence-electron chi connectivity index (χ0n) is 9.33. The molecule has 0 unspecified atom stereocenters. The van der Waals surface area contributed by atoms with E-state index in [9.17, 15) is 23.3 Å². The van der Waals surface area contributed by atoms with Crippen molar-refractivity contribution in [3.05, 3.63) is 39.9 Å². The fourth-order valence-electron chi connectivity index (χ4n) is 1.79. The highest BCUT2D eigenvalue weighted by Gasteiger charge is 2.63. The molecule has 1 saturated carbocycles. The SMILES string of the molecule is O=[N+]([O-])c1ccccc1CNC1(C(F)(F)F)CC1. The number of nitrogens with zero attached hydrogens (tertiary/aromatic N) is 1. The molecule has 1 N–H and O–H groups in total. The summed E-state index contributed by atoms with van der Waals surface area (Å²) in [6.45, 7) is -0.156. The number of hydrogen-bond acceptors (Lipinski definition) is 3. The smallest absolute Gasteiger partial charge is 0.299 e. The van der Waals surface area contributed by atoms with Gasteiger partial charge < -0.3 is 0 Å². The largest absolute Gasteiger partial charge is 0.406 e. The summed E-state index contributed by atoms with van der Waals surface area (Å²) in [5.41, 5.74) is -1.75. The van der Waals surface area contributed by atoms with Crippen molar-refractivity contribution in [2.24, 2.45) is 0 Å². The predicted molar refractivity (Wildman–Crippen MR) is 58.0 cm³/mol. The van der Waals surface area contributed by atoms with Gasteiger partial charge in [-0.15, -0.1) is 0 Å². The molecule has 0 aromatic heterocycles. The molecule has 2 rings (SSSR count). The van der Waals surface area contributed by atoms with Gasteiger partial charge in [-0.25, -0.2) is 0 Å². The molecule has 0 atom stereocenters. The predicted octanol–water partition coefficient (Wildman–Crippen LogP) is 2.78. The third kappa shape index (κ3) is 2.31. The van der Waals surface area contributed by atoms with Crippen LogP contribution in [-0.2, 0) is 6.54 Å². The summed E-state index contributed by atoms with van der Waals surface area (Å²) in [7, 11) is 0.